The second-order valence-electron chi connectivity index (χ2n) is 4.31. The Morgan fingerprint density at radius 1 is 0.765 bits per heavy atom. The van der Waals surface area contributed by atoms with E-state index < -0.39 is 0 Å². The Balaban J connectivity index is 2.26. The maximum Gasteiger partial charge on any atom is 0.0340 e. The quantitative estimate of drug-likeness (QED) is 0.680. The summed E-state index contributed by atoms with van der Waals surface area (Å²) in [5.74, 6) is 1.47. The highest BCUT2D eigenvalue weighted by atomic mass is 14.2. The van der Waals surface area contributed by atoms with E-state index in [1.165, 1.54) is 29.9 Å². The lowest BCUT2D eigenvalue weighted by atomic mass is 9.87. The summed E-state index contributed by atoms with van der Waals surface area (Å²) in [6.07, 6.45) is 3.65. The Morgan fingerprint density at radius 2 is 1.24 bits per heavy atom. The molecule has 0 heterocycles. The van der Waals surface area contributed by atoms with Gasteiger partial charge >= 0.3 is 0 Å². The molecule has 0 fully saturated rings. The van der Waals surface area contributed by atoms with Crippen LogP contribution < -0.4 is 0 Å². The lowest BCUT2D eigenvalue weighted by molar-refractivity contribution is 0.755. The van der Waals surface area contributed by atoms with Crippen LogP contribution in [-0.2, 0) is 0 Å². The second kappa shape index (κ2) is 6.24. The summed E-state index contributed by atoms with van der Waals surface area (Å²) in [5, 5.41) is 0. The van der Waals surface area contributed by atoms with Crippen molar-refractivity contribution in [3.63, 3.8) is 0 Å². The van der Waals surface area contributed by atoms with E-state index in [0.29, 0.717) is 0 Å². The second-order valence-corrected chi connectivity index (χ2v) is 4.31. The summed E-state index contributed by atoms with van der Waals surface area (Å²) in [5.41, 5.74) is 2.71. The first-order valence-corrected chi connectivity index (χ1v) is 6.38. The van der Waals surface area contributed by atoms with Gasteiger partial charge in [-0.25, -0.2) is 0 Å². The molecule has 0 heteroatoms. The number of rotatable bonds is 5. The van der Waals surface area contributed by atoms with Gasteiger partial charge in [-0.05, 0) is 17.5 Å². The summed E-state index contributed by atoms with van der Waals surface area (Å²) in [6, 6.07) is 21.4. The van der Waals surface area contributed by atoms with Gasteiger partial charge in [0.2, 0.25) is 0 Å². The molecule has 0 nitrogen and oxygen atoms in total. The highest BCUT2D eigenvalue weighted by Gasteiger charge is 2.13. The lowest BCUT2D eigenvalue weighted by Gasteiger charge is -2.16. The molecular weight excluding hydrogens is 204 g/mol. The molecule has 0 saturated carbocycles. The van der Waals surface area contributed by atoms with Gasteiger partial charge in [0.15, 0.2) is 0 Å². The van der Waals surface area contributed by atoms with Crippen LogP contribution in [0, 0.1) is 5.92 Å². The lowest BCUT2D eigenvalue weighted by Crippen LogP contribution is -2.01. The summed E-state index contributed by atoms with van der Waals surface area (Å²) in [6.45, 7) is 2.24. The van der Waals surface area contributed by atoms with E-state index in [4.69, 9.17) is 0 Å². The zero-order valence-electron chi connectivity index (χ0n) is 10.4. The van der Waals surface area contributed by atoms with Crippen LogP contribution in [0.15, 0.2) is 60.7 Å². The van der Waals surface area contributed by atoms with Gasteiger partial charge in [-0.1, -0.05) is 80.4 Å². The number of benzene rings is 2. The van der Waals surface area contributed by atoms with Crippen molar-refractivity contribution in [2.45, 2.75) is 26.2 Å². The summed E-state index contributed by atoms with van der Waals surface area (Å²) in [7, 11) is 0. The number of hydrogen-bond acceptors (Lipinski definition) is 0. The molecule has 0 aliphatic rings. The average Bonchev–Trinajstić information content (AvgIpc) is 2.42. The predicted octanol–water partition coefficient (Wildman–Crippen LogP) is 4.85. The van der Waals surface area contributed by atoms with Crippen molar-refractivity contribution >= 4 is 0 Å². The van der Waals surface area contributed by atoms with E-state index in [0.717, 1.165) is 6.42 Å². The third-order valence-corrected chi connectivity index (χ3v) is 3.02. The fraction of sp³-hybridized carbons (Fsp3) is 0.235. The zero-order chi connectivity index (χ0) is 11.9. The highest BCUT2D eigenvalue weighted by molar-refractivity contribution is 5.45. The topological polar surface area (TPSA) is 0 Å². The molecular formula is C17H19. The van der Waals surface area contributed by atoms with Crippen molar-refractivity contribution in [1.82, 2.24) is 0 Å². The molecule has 2 aromatic rings. The Morgan fingerprint density at radius 3 is 1.65 bits per heavy atom. The van der Waals surface area contributed by atoms with Crippen LogP contribution in [0.4, 0.5) is 0 Å². The van der Waals surface area contributed by atoms with Crippen LogP contribution in [0.1, 0.15) is 37.3 Å². The minimum absolute atomic E-state index is 1.16. The maximum absolute atomic E-state index is 2.24. The minimum Gasteiger partial charge on any atom is -0.0654 e. The first-order valence-electron chi connectivity index (χ1n) is 6.38. The Labute approximate surface area is 104 Å². The summed E-state index contributed by atoms with van der Waals surface area (Å²) >= 11 is 0. The van der Waals surface area contributed by atoms with E-state index >= 15 is 0 Å². The molecule has 0 saturated heterocycles. The van der Waals surface area contributed by atoms with Gasteiger partial charge in [0, 0.05) is 5.92 Å². The molecule has 0 aliphatic carbocycles. The van der Waals surface area contributed by atoms with Gasteiger partial charge in [-0.3, -0.25) is 0 Å². The van der Waals surface area contributed by atoms with Gasteiger partial charge < -0.3 is 0 Å². The van der Waals surface area contributed by atoms with E-state index in [-0.39, 0.29) is 0 Å². The summed E-state index contributed by atoms with van der Waals surface area (Å²) in [4.78, 5) is 0. The largest absolute Gasteiger partial charge is 0.0654 e. The van der Waals surface area contributed by atoms with E-state index in [9.17, 15) is 0 Å². The van der Waals surface area contributed by atoms with Crippen molar-refractivity contribution in [1.29, 1.82) is 0 Å². The van der Waals surface area contributed by atoms with Gasteiger partial charge in [-0.2, -0.15) is 0 Å². The van der Waals surface area contributed by atoms with Crippen LogP contribution in [0.3, 0.4) is 0 Å². The maximum atomic E-state index is 2.24. The minimum atomic E-state index is 1.16. The van der Waals surface area contributed by atoms with Crippen LogP contribution in [0.25, 0.3) is 0 Å². The van der Waals surface area contributed by atoms with Gasteiger partial charge in [-0.15, -0.1) is 0 Å². The Hall–Kier alpha value is -1.56. The van der Waals surface area contributed by atoms with Crippen molar-refractivity contribution in [2.75, 3.05) is 0 Å². The molecule has 0 bridgehead atoms. The molecule has 2 aromatic carbocycles. The Bertz CT molecular complexity index is 377. The molecule has 0 N–H and O–H groups in total. The SMILES string of the molecule is CCCC[C](c1ccccc1)c1ccccc1. The normalized spacial score (nSPS) is 10.7. The third kappa shape index (κ3) is 3.20. The summed E-state index contributed by atoms with van der Waals surface area (Å²) < 4.78 is 0. The van der Waals surface area contributed by atoms with Crippen LogP contribution in [0.2, 0.25) is 0 Å². The van der Waals surface area contributed by atoms with Crippen molar-refractivity contribution < 1.29 is 0 Å². The predicted molar refractivity (Wildman–Crippen MR) is 73.9 cm³/mol. The molecule has 87 valence electrons. The Kier molecular flexibility index (Phi) is 4.37. The van der Waals surface area contributed by atoms with E-state index in [1.807, 2.05) is 0 Å². The van der Waals surface area contributed by atoms with Crippen molar-refractivity contribution in [3.8, 4) is 0 Å². The molecule has 0 aromatic heterocycles. The van der Waals surface area contributed by atoms with Crippen LogP contribution in [-0.4, -0.2) is 0 Å². The highest BCUT2D eigenvalue weighted by Crippen LogP contribution is 2.28. The molecule has 17 heavy (non-hydrogen) atoms. The first kappa shape index (κ1) is 11.9. The number of unbranched alkanes of at least 4 members (excludes halogenated alkanes) is 1. The van der Waals surface area contributed by atoms with Crippen LogP contribution in [0.5, 0.6) is 0 Å². The molecule has 0 aliphatic heterocycles. The molecule has 0 spiro atoms. The van der Waals surface area contributed by atoms with E-state index in [2.05, 4.69) is 67.6 Å². The monoisotopic (exact) mass is 223 g/mol. The third-order valence-electron chi connectivity index (χ3n) is 3.02. The average molecular weight is 223 g/mol. The molecule has 1 radical (unpaired) electrons. The number of hydrogen-bond donors (Lipinski definition) is 0. The molecule has 0 unspecified atom stereocenters. The smallest absolute Gasteiger partial charge is 0.0340 e. The van der Waals surface area contributed by atoms with Crippen molar-refractivity contribution in [3.05, 3.63) is 77.7 Å². The molecule has 0 amide bonds. The molecule has 2 rings (SSSR count). The van der Waals surface area contributed by atoms with Crippen molar-refractivity contribution in [2.24, 2.45) is 0 Å². The zero-order valence-corrected chi connectivity index (χ0v) is 10.4. The van der Waals surface area contributed by atoms with Crippen LogP contribution >= 0.6 is 0 Å². The molecule has 0 atom stereocenters. The van der Waals surface area contributed by atoms with E-state index in [1.54, 1.807) is 0 Å². The fourth-order valence-electron chi connectivity index (χ4n) is 2.09. The van der Waals surface area contributed by atoms with Gasteiger partial charge in [0.25, 0.3) is 0 Å². The van der Waals surface area contributed by atoms with Gasteiger partial charge in [0.1, 0.15) is 0 Å². The fourth-order valence-corrected chi connectivity index (χ4v) is 2.09. The van der Waals surface area contributed by atoms with Gasteiger partial charge in [0.05, 0.1) is 0 Å². The standard InChI is InChI=1S/C17H19/c1-2-3-14-17(15-10-6-4-7-11-15)16-12-8-5-9-13-16/h4-13H,2-3,14H2,1H3. The first-order chi connectivity index (χ1) is 8.42.